The second-order valence-corrected chi connectivity index (χ2v) is 24.0. The van der Waals surface area contributed by atoms with Crippen molar-refractivity contribution in [3.05, 3.63) is 256 Å². The van der Waals surface area contributed by atoms with Gasteiger partial charge in [-0.15, -0.1) is 6.92 Å². The smallest absolute Gasteiger partial charge is 1.00 e. The van der Waals surface area contributed by atoms with E-state index in [1.54, 1.807) is 0 Å². The van der Waals surface area contributed by atoms with Gasteiger partial charge >= 0.3 is 21.7 Å². The van der Waals surface area contributed by atoms with Gasteiger partial charge in [0, 0.05) is 0 Å². The third kappa shape index (κ3) is 9.51. The zero-order chi connectivity index (χ0) is 48.9. The molecule has 74 heavy (non-hydrogen) atoms. The van der Waals surface area contributed by atoms with E-state index >= 15 is 0 Å². The Morgan fingerprint density at radius 3 is 0.662 bits per heavy atom. The molecule has 0 N–H and O–H groups in total. The Hall–Kier alpha value is -5.74. The fourth-order valence-corrected chi connectivity index (χ4v) is 20.3. The fraction of sp³-hybridized carbons (Fsp3) is 0.159. The Morgan fingerprint density at radius 2 is 0.500 bits per heavy atom. The number of halogens is 3. The molecule has 0 saturated heterocycles. The van der Waals surface area contributed by atoms with Crippen molar-refractivity contribution in [1.82, 2.24) is 0 Å². The number of allylic oxidation sites excluding steroid dienone is 4. The second-order valence-electron chi connectivity index (χ2n) is 20.0. The van der Waals surface area contributed by atoms with Crippen LogP contribution in [-0.2, 0) is 21.7 Å². The minimum absolute atomic E-state index is 0. The van der Waals surface area contributed by atoms with E-state index in [4.69, 9.17) is 0 Å². The van der Waals surface area contributed by atoms with Crippen LogP contribution in [0.2, 0.25) is 5.04 Å². The third-order valence-electron chi connectivity index (χ3n) is 15.7. The molecular weight excluding hydrogens is 1010 g/mol. The van der Waals surface area contributed by atoms with Gasteiger partial charge in [-0.05, 0) is 157 Å². The molecule has 0 radical (unpaired) electrons. The van der Waals surface area contributed by atoms with E-state index in [1.807, 2.05) is 0 Å². The summed E-state index contributed by atoms with van der Waals surface area (Å²) in [7, 11) is -4.00. The van der Waals surface area contributed by atoms with Crippen molar-refractivity contribution in [2.24, 2.45) is 0 Å². The standard InChI is InChI=1S/C69H63Si.3ClH.Ti/c1-45-41-46(2)61(55-31-19-12-20-32-55)66(60(45)54-29-17-11-18-30-54)70(69(10)44-51(7)52(8)53(69)9,67-62(56-33-21-13-22-34-56)47(3)42-48(4)63(67)57-35-23-14-24-36-57)68-64(58-37-25-15-26-38-58)49(5)43-50(6)65(68)59-39-27-16-28-40-59;;;;/h11-43H,1-10H3;3*1H;/q-1;;;;+4/p-3. The first-order chi connectivity index (χ1) is 33.9. The Kier molecular flexibility index (Phi) is 18.2. The van der Waals surface area contributed by atoms with Crippen molar-refractivity contribution < 1.29 is 58.9 Å². The third-order valence-corrected chi connectivity index (χ3v) is 21.5. The van der Waals surface area contributed by atoms with Crippen molar-refractivity contribution in [3.63, 3.8) is 0 Å². The maximum atomic E-state index is 4.56. The molecule has 5 heteroatoms. The van der Waals surface area contributed by atoms with Gasteiger partial charge in [-0.1, -0.05) is 226 Å². The average molecular weight is 1070 g/mol. The maximum Gasteiger partial charge on any atom is 4.00 e. The predicted octanol–water partition coefficient (Wildman–Crippen LogP) is 7.88. The summed E-state index contributed by atoms with van der Waals surface area (Å²) in [5, 5.41) is 3.61. The molecule has 0 aliphatic heterocycles. The number of aryl methyl sites for hydroxylation is 6. The Balaban J connectivity index is 0.00000223. The summed E-state index contributed by atoms with van der Waals surface area (Å²) in [6.45, 7) is 24.0. The van der Waals surface area contributed by atoms with E-state index < -0.39 is 13.1 Å². The monoisotopic (exact) mass is 1070 g/mol. The van der Waals surface area contributed by atoms with Gasteiger partial charge in [0.15, 0.2) is 0 Å². The van der Waals surface area contributed by atoms with Gasteiger partial charge in [-0.2, -0.15) is 11.1 Å². The maximum absolute atomic E-state index is 4.56. The molecule has 9 aromatic rings. The van der Waals surface area contributed by atoms with Crippen molar-refractivity contribution in [2.45, 2.75) is 74.3 Å². The summed E-state index contributed by atoms with van der Waals surface area (Å²) >= 11 is 0. The molecule has 0 fully saturated rings. The van der Waals surface area contributed by atoms with Crippen molar-refractivity contribution >= 4 is 23.6 Å². The number of benzene rings is 9. The molecular formula is C69H63Cl3SiTi. The molecule has 0 heterocycles. The second kappa shape index (κ2) is 23.4. The van der Waals surface area contributed by atoms with Crippen molar-refractivity contribution in [3.8, 4) is 66.8 Å². The van der Waals surface area contributed by atoms with Gasteiger partial charge in [0.25, 0.3) is 0 Å². The summed E-state index contributed by atoms with van der Waals surface area (Å²) in [6.07, 6.45) is 4.56. The van der Waals surface area contributed by atoms with Gasteiger partial charge in [0.1, 0.15) is 8.07 Å². The molecule has 0 spiro atoms. The van der Waals surface area contributed by atoms with E-state index in [2.05, 4.69) is 276 Å². The van der Waals surface area contributed by atoms with Gasteiger partial charge in [0.2, 0.25) is 0 Å². The van der Waals surface area contributed by atoms with Crippen molar-refractivity contribution in [1.29, 1.82) is 0 Å². The van der Waals surface area contributed by atoms with Crippen LogP contribution in [0.3, 0.4) is 0 Å². The summed E-state index contributed by atoms with van der Waals surface area (Å²) in [5.41, 5.74) is 26.8. The molecule has 368 valence electrons. The molecule has 0 bridgehead atoms. The zero-order valence-corrected chi connectivity index (χ0v) is 49.0. The molecule has 0 nitrogen and oxygen atoms in total. The normalized spacial score (nSPS) is 14.0. The molecule has 1 aliphatic rings. The number of hydrogen-bond donors (Lipinski definition) is 0. The fourth-order valence-electron chi connectivity index (χ4n) is 12.7. The Labute approximate surface area is 476 Å². The molecule has 0 aromatic heterocycles. The van der Waals surface area contributed by atoms with E-state index in [0.717, 1.165) is 0 Å². The van der Waals surface area contributed by atoms with Gasteiger partial charge in [-0.3, -0.25) is 6.08 Å². The first-order valence-corrected chi connectivity index (χ1v) is 26.9. The van der Waals surface area contributed by atoms with Gasteiger partial charge in [0.05, 0.1) is 0 Å². The summed E-state index contributed by atoms with van der Waals surface area (Å²) in [6, 6.07) is 75.5. The zero-order valence-electron chi connectivity index (χ0n) is 44.2. The summed E-state index contributed by atoms with van der Waals surface area (Å²) in [4.78, 5) is 0. The molecule has 1 atom stereocenters. The number of rotatable bonds is 10. The van der Waals surface area contributed by atoms with Crippen LogP contribution in [-0.4, -0.2) is 8.07 Å². The van der Waals surface area contributed by atoms with E-state index in [-0.39, 0.29) is 58.9 Å². The minimum atomic E-state index is -4.00. The molecule has 9 aromatic carbocycles. The van der Waals surface area contributed by atoms with Crippen LogP contribution in [0.15, 0.2) is 217 Å². The molecule has 0 saturated carbocycles. The van der Waals surface area contributed by atoms with Crippen LogP contribution in [0, 0.1) is 47.6 Å². The SMILES string of the molecule is CC1=[C-]C(C)([Si](c2c(-c3ccccc3)c(C)cc(C)c2-c2ccccc2)(c2c(-c3ccccc3)c(C)cc(C)c2-c2ccccc2)c2c(-c3ccccc3)c(C)cc(C)c2-c2ccccc2)C(C)=C1C.[Cl-].[Cl-].[Cl-].[Ti+4]. The van der Waals surface area contributed by atoms with E-state index in [0.29, 0.717) is 0 Å². The van der Waals surface area contributed by atoms with Crippen LogP contribution in [0.4, 0.5) is 0 Å². The van der Waals surface area contributed by atoms with Crippen LogP contribution in [0.5, 0.6) is 0 Å². The summed E-state index contributed by atoms with van der Waals surface area (Å²) < 4.78 is 0. The topological polar surface area (TPSA) is 0 Å². The Bertz CT molecular complexity index is 2970. The molecule has 1 aliphatic carbocycles. The Morgan fingerprint density at radius 1 is 0.311 bits per heavy atom. The van der Waals surface area contributed by atoms with Crippen LogP contribution in [0.1, 0.15) is 61.1 Å². The summed E-state index contributed by atoms with van der Waals surface area (Å²) in [5.74, 6) is 0. The predicted molar refractivity (Wildman–Crippen MR) is 304 cm³/mol. The van der Waals surface area contributed by atoms with Gasteiger partial charge < -0.3 is 37.2 Å². The number of hydrogen-bond acceptors (Lipinski definition) is 0. The first kappa shape index (κ1) is 57.5. The van der Waals surface area contributed by atoms with Crippen LogP contribution >= 0.6 is 0 Å². The van der Waals surface area contributed by atoms with Crippen LogP contribution in [0.25, 0.3) is 66.8 Å². The molecule has 0 amide bonds. The molecule has 1 unspecified atom stereocenters. The van der Waals surface area contributed by atoms with Crippen molar-refractivity contribution in [2.75, 3.05) is 0 Å². The van der Waals surface area contributed by atoms with Crippen LogP contribution < -0.4 is 52.8 Å². The quantitative estimate of drug-likeness (QED) is 0.0744. The van der Waals surface area contributed by atoms with E-state index in [1.165, 1.54) is 132 Å². The minimum Gasteiger partial charge on any atom is -1.00 e. The first-order valence-electron chi connectivity index (χ1n) is 24.9. The van der Waals surface area contributed by atoms with Gasteiger partial charge in [-0.25, -0.2) is 5.57 Å². The average Bonchev–Trinajstić information content (AvgIpc) is 3.57. The van der Waals surface area contributed by atoms with E-state index in [9.17, 15) is 0 Å². The largest absolute Gasteiger partial charge is 4.00 e. The molecule has 10 rings (SSSR count).